The second kappa shape index (κ2) is 7.18. The van der Waals surface area contributed by atoms with E-state index in [1.165, 1.54) is 0 Å². The summed E-state index contributed by atoms with van der Waals surface area (Å²) in [6, 6.07) is 5.57. The summed E-state index contributed by atoms with van der Waals surface area (Å²) in [5.74, 6) is -0.141. The maximum Gasteiger partial charge on any atom is 0.253 e. The lowest BCUT2D eigenvalue weighted by molar-refractivity contribution is 0.0337. The summed E-state index contributed by atoms with van der Waals surface area (Å²) in [7, 11) is 0. The number of carbonyl (C=O) groups is 1. The van der Waals surface area contributed by atoms with E-state index < -0.39 is 5.60 Å². The Bertz CT molecular complexity index is 699. The van der Waals surface area contributed by atoms with Crippen LogP contribution in [0.3, 0.4) is 0 Å². The van der Waals surface area contributed by atoms with Crippen molar-refractivity contribution in [1.82, 2.24) is 14.9 Å². The normalized spacial score (nSPS) is 12.9. The van der Waals surface area contributed by atoms with Crippen LogP contribution in [0.4, 0.5) is 0 Å². The maximum absolute atomic E-state index is 12.7. The third kappa shape index (κ3) is 4.03. The van der Waals surface area contributed by atoms with E-state index in [-0.39, 0.29) is 11.9 Å². The van der Waals surface area contributed by atoms with E-state index >= 15 is 0 Å². The molecule has 0 aliphatic carbocycles. The van der Waals surface area contributed by atoms with Crippen LogP contribution in [0.5, 0.6) is 0 Å². The number of aliphatic hydroxyl groups is 1. The van der Waals surface area contributed by atoms with Gasteiger partial charge in [0.15, 0.2) is 0 Å². The van der Waals surface area contributed by atoms with Crippen LogP contribution in [0.2, 0.25) is 0 Å². The molecule has 0 aliphatic rings. The Morgan fingerprint density at radius 3 is 2.50 bits per heavy atom. The number of carbonyl (C=O) groups excluding carboxylic acids is 1. The molecule has 0 fully saturated rings. The zero-order chi connectivity index (χ0) is 17.9. The van der Waals surface area contributed by atoms with Gasteiger partial charge in [-0.3, -0.25) is 9.78 Å². The van der Waals surface area contributed by atoms with Crippen LogP contribution in [-0.2, 0) is 6.54 Å². The highest BCUT2D eigenvalue weighted by Crippen LogP contribution is 2.19. The summed E-state index contributed by atoms with van der Waals surface area (Å²) in [6.07, 6.45) is 4.21. The van der Waals surface area contributed by atoms with Gasteiger partial charge in [-0.2, -0.15) is 0 Å². The van der Waals surface area contributed by atoms with E-state index in [1.807, 2.05) is 39.0 Å². The van der Waals surface area contributed by atoms with Gasteiger partial charge in [-0.1, -0.05) is 6.92 Å². The van der Waals surface area contributed by atoms with Gasteiger partial charge in [0.1, 0.15) is 0 Å². The van der Waals surface area contributed by atoms with Gasteiger partial charge in [-0.15, -0.1) is 0 Å². The fraction of sp³-hybridized carbons (Fsp3) is 0.474. The predicted octanol–water partition coefficient (Wildman–Crippen LogP) is 2.83. The van der Waals surface area contributed by atoms with Gasteiger partial charge in [0.05, 0.1) is 17.2 Å². The Morgan fingerprint density at radius 1 is 1.33 bits per heavy atom. The minimum atomic E-state index is -0.951. The molecule has 2 aromatic heterocycles. The molecule has 1 unspecified atom stereocenters. The average molecular weight is 329 g/mol. The van der Waals surface area contributed by atoms with Gasteiger partial charge in [-0.25, -0.2) is 0 Å². The SMILES string of the molecule is CCC(NC(=O)c1cc(C)n(Cc2ccncc2)c1C)C(C)(C)O. The molecule has 2 N–H and O–H groups in total. The van der Waals surface area contributed by atoms with Crippen molar-refractivity contribution in [2.24, 2.45) is 0 Å². The van der Waals surface area contributed by atoms with E-state index in [0.29, 0.717) is 18.5 Å². The second-order valence-corrected chi connectivity index (χ2v) is 6.81. The number of hydrogen-bond donors (Lipinski definition) is 2. The number of aromatic nitrogens is 2. The summed E-state index contributed by atoms with van der Waals surface area (Å²) in [5.41, 5.74) is 2.80. The van der Waals surface area contributed by atoms with Gasteiger partial charge >= 0.3 is 0 Å². The monoisotopic (exact) mass is 329 g/mol. The average Bonchev–Trinajstić information content (AvgIpc) is 2.80. The number of aryl methyl sites for hydroxylation is 1. The molecule has 0 saturated heterocycles. The van der Waals surface area contributed by atoms with Gasteiger partial charge in [0, 0.05) is 30.3 Å². The Morgan fingerprint density at radius 2 is 1.96 bits per heavy atom. The number of nitrogens with one attached hydrogen (secondary N) is 1. The summed E-state index contributed by atoms with van der Waals surface area (Å²) < 4.78 is 2.12. The van der Waals surface area contributed by atoms with Crippen LogP contribution in [0, 0.1) is 13.8 Å². The quantitative estimate of drug-likeness (QED) is 0.856. The lowest BCUT2D eigenvalue weighted by atomic mass is 9.96. The summed E-state index contributed by atoms with van der Waals surface area (Å²) in [6.45, 7) is 10.0. The fourth-order valence-corrected chi connectivity index (χ4v) is 2.96. The second-order valence-electron chi connectivity index (χ2n) is 6.81. The van der Waals surface area contributed by atoms with Gasteiger partial charge in [-0.05, 0) is 57.9 Å². The molecule has 0 bridgehead atoms. The van der Waals surface area contributed by atoms with Crippen LogP contribution >= 0.6 is 0 Å². The van der Waals surface area contributed by atoms with Crippen molar-refractivity contribution in [2.75, 3.05) is 0 Å². The molecule has 130 valence electrons. The third-order valence-corrected chi connectivity index (χ3v) is 4.47. The molecule has 2 aromatic rings. The molecular formula is C19H27N3O2. The highest BCUT2D eigenvalue weighted by molar-refractivity contribution is 5.96. The van der Waals surface area contributed by atoms with E-state index in [1.54, 1.807) is 26.2 Å². The van der Waals surface area contributed by atoms with E-state index in [9.17, 15) is 9.90 Å². The number of nitrogens with zero attached hydrogens (tertiary/aromatic N) is 2. The predicted molar refractivity (Wildman–Crippen MR) is 95.1 cm³/mol. The zero-order valence-corrected chi connectivity index (χ0v) is 15.1. The maximum atomic E-state index is 12.7. The molecule has 2 rings (SSSR count). The molecule has 0 radical (unpaired) electrons. The van der Waals surface area contributed by atoms with Gasteiger partial charge < -0.3 is 15.0 Å². The Kier molecular flexibility index (Phi) is 5.44. The van der Waals surface area contributed by atoms with Crippen LogP contribution in [0.1, 0.15) is 54.5 Å². The number of hydrogen-bond acceptors (Lipinski definition) is 3. The lowest BCUT2D eigenvalue weighted by Crippen LogP contribution is -2.48. The number of amides is 1. The molecule has 5 nitrogen and oxygen atoms in total. The van der Waals surface area contributed by atoms with Gasteiger partial charge in [0.25, 0.3) is 5.91 Å². The van der Waals surface area contributed by atoms with Crippen LogP contribution in [0.25, 0.3) is 0 Å². The van der Waals surface area contributed by atoms with Gasteiger partial charge in [0.2, 0.25) is 0 Å². The molecular weight excluding hydrogens is 302 g/mol. The van der Waals surface area contributed by atoms with Crippen molar-refractivity contribution >= 4 is 5.91 Å². The summed E-state index contributed by atoms with van der Waals surface area (Å²) in [5, 5.41) is 13.1. The number of pyridine rings is 1. The standard InChI is InChI=1S/C19H27N3O2/c1-6-17(19(4,5)24)21-18(23)16-11-13(2)22(14(16)3)12-15-7-9-20-10-8-15/h7-11,17,24H,6,12H2,1-5H3,(H,21,23). The smallest absolute Gasteiger partial charge is 0.253 e. The first-order chi connectivity index (χ1) is 11.2. The van der Waals surface area contributed by atoms with Crippen molar-refractivity contribution in [3.05, 3.63) is 53.1 Å². The molecule has 0 aromatic carbocycles. The van der Waals surface area contributed by atoms with Crippen molar-refractivity contribution in [3.8, 4) is 0 Å². The molecule has 0 aliphatic heterocycles. The molecule has 0 saturated carbocycles. The third-order valence-electron chi connectivity index (χ3n) is 4.47. The fourth-order valence-electron chi connectivity index (χ4n) is 2.96. The first kappa shape index (κ1) is 18.2. The van der Waals surface area contributed by atoms with Crippen molar-refractivity contribution in [3.63, 3.8) is 0 Å². The van der Waals surface area contributed by atoms with Crippen molar-refractivity contribution < 1.29 is 9.90 Å². The minimum Gasteiger partial charge on any atom is -0.388 e. The van der Waals surface area contributed by atoms with Crippen LogP contribution in [0.15, 0.2) is 30.6 Å². The van der Waals surface area contributed by atoms with Crippen LogP contribution < -0.4 is 5.32 Å². The first-order valence-corrected chi connectivity index (χ1v) is 8.33. The lowest BCUT2D eigenvalue weighted by Gasteiger charge is -2.29. The van der Waals surface area contributed by atoms with E-state index in [4.69, 9.17) is 0 Å². The molecule has 1 atom stereocenters. The summed E-state index contributed by atoms with van der Waals surface area (Å²) in [4.78, 5) is 16.7. The topological polar surface area (TPSA) is 67.2 Å². The Hall–Kier alpha value is -2.14. The number of rotatable bonds is 6. The molecule has 0 spiro atoms. The van der Waals surface area contributed by atoms with E-state index in [0.717, 1.165) is 17.0 Å². The summed E-state index contributed by atoms with van der Waals surface area (Å²) >= 11 is 0. The largest absolute Gasteiger partial charge is 0.388 e. The van der Waals surface area contributed by atoms with Crippen molar-refractivity contribution in [2.45, 2.75) is 59.2 Å². The first-order valence-electron chi connectivity index (χ1n) is 8.33. The van der Waals surface area contributed by atoms with E-state index in [2.05, 4.69) is 14.9 Å². The highest BCUT2D eigenvalue weighted by Gasteiger charge is 2.28. The molecule has 24 heavy (non-hydrogen) atoms. The Labute approximate surface area is 143 Å². The zero-order valence-electron chi connectivity index (χ0n) is 15.1. The highest BCUT2D eigenvalue weighted by atomic mass is 16.3. The van der Waals surface area contributed by atoms with Crippen molar-refractivity contribution in [1.29, 1.82) is 0 Å². The van der Waals surface area contributed by atoms with Crippen LogP contribution in [-0.4, -0.2) is 32.2 Å². The molecule has 2 heterocycles. The molecule has 5 heteroatoms. The Balaban J connectivity index is 2.23. The molecule has 1 amide bonds. The minimum absolute atomic E-state index is 0.141.